The summed E-state index contributed by atoms with van der Waals surface area (Å²) in [5.74, 6) is -1.19. The topological polar surface area (TPSA) is 94.4 Å². The molecule has 0 bridgehead atoms. The van der Waals surface area contributed by atoms with Gasteiger partial charge in [0.15, 0.2) is 12.1 Å². The van der Waals surface area contributed by atoms with E-state index in [1.807, 2.05) is 31.2 Å². The molecule has 1 saturated heterocycles. The summed E-state index contributed by atoms with van der Waals surface area (Å²) in [4.78, 5) is 39.5. The minimum atomic E-state index is -0.930. The highest BCUT2D eigenvalue weighted by molar-refractivity contribution is 9.10. The maximum absolute atomic E-state index is 13.1. The molecule has 0 spiro atoms. The SMILES string of the molecule is CCc1cc(Br)ccc1N1C(=O)[C@@H]2N=NN(CC(=O)Nc3ccccc3)[C@H]2C1=O. The molecule has 29 heavy (non-hydrogen) atoms. The van der Waals surface area contributed by atoms with Crippen molar-refractivity contribution in [3.63, 3.8) is 0 Å². The highest BCUT2D eigenvalue weighted by Gasteiger charge is 2.55. The van der Waals surface area contributed by atoms with Gasteiger partial charge in [-0.25, -0.2) is 4.90 Å². The number of imide groups is 1. The molecule has 2 atom stereocenters. The summed E-state index contributed by atoms with van der Waals surface area (Å²) >= 11 is 3.41. The first-order chi connectivity index (χ1) is 14.0. The molecule has 1 N–H and O–H groups in total. The van der Waals surface area contributed by atoms with Crippen molar-refractivity contribution >= 4 is 45.0 Å². The third kappa shape index (κ3) is 3.53. The monoisotopic (exact) mass is 455 g/mol. The van der Waals surface area contributed by atoms with Crippen molar-refractivity contribution in [1.29, 1.82) is 0 Å². The molecule has 3 amide bonds. The van der Waals surface area contributed by atoms with Crippen molar-refractivity contribution in [2.45, 2.75) is 25.4 Å². The lowest BCUT2D eigenvalue weighted by atomic mass is 10.1. The van der Waals surface area contributed by atoms with E-state index in [1.54, 1.807) is 24.3 Å². The summed E-state index contributed by atoms with van der Waals surface area (Å²) in [6, 6.07) is 12.6. The maximum Gasteiger partial charge on any atom is 0.263 e. The number of nitrogens with zero attached hydrogens (tertiary/aromatic N) is 4. The lowest BCUT2D eigenvalue weighted by molar-refractivity contribution is -0.123. The summed E-state index contributed by atoms with van der Waals surface area (Å²) in [6.45, 7) is 1.78. The molecule has 8 nitrogen and oxygen atoms in total. The van der Waals surface area contributed by atoms with Crippen molar-refractivity contribution < 1.29 is 14.4 Å². The molecule has 148 valence electrons. The van der Waals surface area contributed by atoms with Gasteiger partial charge in [-0.2, -0.15) is 5.11 Å². The molecule has 2 heterocycles. The van der Waals surface area contributed by atoms with Crippen LogP contribution in [0.2, 0.25) is 0 Å². The Hall–Kier alpha value is -3.07. The quantitative estimate of drug-likeness (QED) is 0.701. The van der Waals surface area contributed by atoms with Crippen LogP contribution >= 0.6 is 15.9 Å². The number of fused-ring (bicyclic) bond motifs is 1. The zero-order valence-corrected chi connectivity index (χ0v) is 17.2. The van der Waals surface area contributed by atoms with E-state index in [-0.39, 0.29) is 12.5 Å². The molecule has 0 aromatic heterocycles. The van der Waals surface area contributed by atoms with Crippen LogP contribution in [0.25, 0.3) is 0 Å². The van der Waals surface area contributed by atoms with E-state index >= 15 is 0 Å². The molecule has 0 aliphatic carbocycles. The van der Waals surface area contributed by atoms with Crippen molar-refractivity contribution in [3.05, 3.63) is 58.6 Å². The lowest BCUT2D eigenvalue weighted by Gasteiger charge is -2.21. The molecule has 2 aromatic rings. The number of anilines is 2. The van der Waals surface area contributed by atoms with Crippen LogP contribution in [0.1, 0.15) is 12.5 Å². The fraction of sp³-hybridized carbons (Fsp3) is 0.250. The second-order valence-corrected chi connectivity index (χ2v) is 7.66. The van der Waals surface area contributed by atoms with Gasteiger partial charge < -0.3 is 5.32 Å². The highest BCUT2D eigenvalue weighted by atomic mass is 79.9. The third-order valence-corrected chi connectivity index (χ3v) is 5.38. The first-order valence-electron chi connectivity index (χ1n) is 9.18. The Bertz CT molecular complexity index is 1010. The van der Waals surface area contributed by atoms with Gasteiger partial charge in [0.05, 0.1) is 5.69 Å². The Morgan fingerprint density at radius 3 is 2.62 bits per heavy atom. The first kappa shape index (κ1) is 19.3. The van der Waals surface area contributed by atoms with Crippen LogP contribution in [-0.4, -0.2) is 41.4 Å². The van der Waals surface area contributed by atoms with Crippen molar-refractivity contribution in [2.75, 3.05) is 16.8 Å². The number of hydrogen-bond acceptors (Lipinski definition) is 6. The fourth-order valence-corrected chi connectivity index (χ4v) is 3.92. The number of rotatable bonds is 5. The standard InChI is InChI=1S/C20H18BrN5O3/c1-2-12-10-13(21)8-9-15(12)26-19(28)17-18(20(26)29)25(24-23-17)11-16(27)22-14-6-4-3-5-7-14/h3-10,17-18H,2,11H2,1H3,(H,22,27)/t17-,18-/m1/s1. The second kappa shape index (κ2) is 7.75. The van der Waals surface area contributed by atoms with E-state index in [0.717, 1.165) is 10.0 Å². The minimum absolute atomic E-state index is 0.173. The Morgan fingerprint density at radius 1 is 1.14 bits per heavy atom. The molecule has 1 fully saturated rings. The molecule has 0 saturated carbocycles. The van der Waals surface area contributed by atoms with Gasteiger partial charge in [0.2, 0.25) is 5.91 Å². The summed E-state index contributed by atoms with van der Waals surface area (Å²) in [7, 11) is 0. The molecule has 9 heteroatoms. The van der Waals surface area contributed by atoms with Gasteiger partial charge in [-0.15, -0.1) is 0 Å². The van der Waals surface area contributed by atoms with Crippen molar-refractivity contribution in [2.24, 2.45) is 10.3 Å². The van der Waals surface area contributed by atoms with Crippen LogP contribution in [0.4, 0.5) is 11.4 Å². The minimum Gasteiger partial charge on any atom is -0.324 e. The Morgan fingerprint density at radius 2 is 1.90 bits per heavy atom. The predicted molar refractivity (Wildman–Crippen MR) is 110 cm³/mol. The van der Waals surface area contributed by atoms with E-state index in [9.17, 15) is 14.4 Å². The molecule has 2 aliphatic rings. The molecule has 2 aromatic carbocycles. The molecule has 4 rings (SSSR count). The molecule has 0 radical (unpaired) electrons. The van der Waals surface area contributed by atoms with Gasteiger partial charge in [-0.05, 0) is 42.3 Å². The maximum atomic E-state index is 13.1. The Kier molecular flexibility index (Phi) is 5.14. The van der Waals surface area contributed by atoms with Gasteiger partial charge in [-0.3, -0.25) is 19.4 Å². The zero-order chi connectivity index (χ0) is 20.5. The van der Waals surface area contributed by atoms with Gasteiger partial charge >= 0.3 is 0 Å². The largest absolute Gasteiger partial charge is 0.324 e. The number of carbonyl (C=O) groups is 3. The van der Waals surface area contributed by atoms with E-state index in [0.29, 0.717) is 17.8 Å². The normalized spacial score (nSPS) is 20.3. The van der Waals surface area contributed by atoms with Crippen LogP contribution in [0.5, 0.6) is 0 Å². The number of carbonyl (C=O) groups excluding carboxylic acids is 3. The van der Waals surface area contributed by atoms with Crippen LogP contribution in [0.3, 0.4) is 0 Å². The number of amides is 3. The first-order valence-corrected chi connectivity index (χ1v) is 9.97. The van der Waals surface area contributed by atoms with E-state index in [2.05, 4.69) is 31.6 Å². The molecular formula is C20H18BrN5O3. The number of benzene rings is 2. The van der Waals surface area contributed by atoms with Crippen LogP contribution in [0, 0.1) is 0 Å². The Labute approximate surface area is 175 Å². The smallest absolute Gasteiger partial charge is 0.263 e. The van der Waals surface area contributed by atoms with Crippen LogP contribution < -0.4 is 10.2 Å². The van der Waals surface area contributed by atoms with Crippen LogP contribution in [0.15, 0.2) is 63.3 Å². The average molecular weight is 456 g/mol. The number of halogens is 1. The Balaban J connectivity index is 1.53. The highest BCUT2D eigenvalue weighted by Crippen LogP contribution is 2.34. The summed E-state index contributed by atoms with van der Waals surface area (Å²) < 4.78 is 0.872. The van der Waals surface area contributed by atoms with Gasteiger partial charge in [-0.1, -0.05) is 46.3 Å². The van der Waals surface area contributed by atoms with E-state index < -0.39 is 23.9 Å². The van der Waals surface area contributed by atoms with E-state index in [1.165, 1.54) is 9.91 Å². The number of aryl methyl sites for hydroxylation is 1. The lowest BCUT2D eigenvalue weighted by Crippen LogP contribution is -2.43. The number of nitrogens with one attached hydrogen (secondary N) is 1. The van der Waals surface area contributed by atoms with Crippen molar-refractivity contribution in [3.8, 4) is 0 Å². The van der Waals surface area contributed by atoms with Crippen LogP contribution in [-0.2, 0) is 20.8 Å². The fourth-order valence-electron chi connectivity index (χ4n) is 3.52. The van der Waals surface area contributed by atoms with E-state index in [4.69, 9.17) is 0 Å². The van der Waals surface area contributed by atoms with Gasteiger partial charge in [0.25, 0.3) is 11.8 Å². The number of hydrogen-bond donors (Lipinski definition) is 1. The molecular weight excluding hydrogens is 438 g/mol. The predicted octanol–water partition coefficient (Wildman–Crippen LogP) is 2.94. The van der Waals surface area contributed by atoms with Gasteiger partial charge in [0.1, 0.15) is 6.54 Å². The number of para-hydroxylation sites is 1. The second-order valence-electron chi connectivity index (χ2n) is 6.74. The summed E-state index contributed by atoms with van der Waals surface area (Å²) in [5.41, 5.74) is 2.05. The van der Waals surface area contributed by atoms with Crippen molar-refractivity contribution in [1.82, 2.24) is 5.01 Å². The average Bonchev–Trinajstić information content (AvgIpc) is 3.22. The molecule has 2 aliphatic heterocycles. The zero-order valence-electron chi connectivity index (χ0n) is 15.6. The third-order valence-electron chi connectivity index (χ3n) is 4.88. The molecule has 0 unspecified atom stereocenters. The van der Waals surface area contributed by atoms with Gasteiger partial charge in [0, 0.05) is 10.2 Å². The summed E-state index contributed by atoms with van der Waals surface area (Å²) in [5, 5.41) is 11.9. The summed E-state index contributed by atoms with van der Waals surface area (Å²) in [6.07, 6.45) is 0.659.